The number of nitrogens with zero attached hydrogens (tertiary/aromatic N) is 2. The fraction of sp³-hybridized carbons (Fsp3) is 0.857. The van der Waals surface area contributed by atoms with E-state index in [9.17, 15) is 9.59 Å². The summed E-state index contributed by atoms with van der Waals surface area (Å²) in [7, 11) is 0. The molecular formula is C14H29N5O2. The maximum Gasteiger partial charge on any atom is 0.321 e. The summed E-state index contributed by atoms with van der Waals surface area (Å²) < 4.78 is 0. The van der Waals surface area contributed by atoms with Crippen LogP contribution in [0.5, 0.6) is 0 Å². The summed E-state index contributed by atoms with van der Waals surface area (Å²) >= 11 is 0. The maximum absolute atomic E-state index is 12.0. The second-order valence-corrected chi connectivity index (χ2v) is 5.39. The quantitative estimate of drug-likeness (QED) is 0.619. The van der Waals surface area contributed by atoms with Gasteiger partial charge >= 0.3 is 6.03 Å². The number of hydrogen-bond acceptors (Lipinski definition) is 5. The van der Waals surface area contributed by atoms with Gasteiger partial charge < -0.3 is 11.1 Å². The fourth-order valence-corrected chi connectivity index (χ4v) is 2.65. The number of nitrogens with one attached hydrogen (secondary N) is 2. The minimum absolute atomic E-state index is 0.250. The first-order valence-electron chi connectivity index (χ1n) is 7.80. The lowest BCUT2D eigenvalue weighted by molar-refractivity contribution is -0.125. The van der Waals surface area contributed by atoms with Gasteiger partial charge in [-0.1, -0.05) is 6.92 Å². The Bertz CT molecular complexity index is 338. The second kappa shape index (κ2) is 8.96. The normalized spacial score (nSPS) is 19.8. The lowest BCUT2D eigenvalue weighted by Gasteiger charge is -2.40. The van der Waals surface area contributed by atoms with Crippen LogP contribution in [0.25, 0.3) is 0 Å². The summed E-state index contributed by atoms with van der Waals surface area (Å²) in [6.45, 7) is 10.4. The molecule has 0 aromatic rings. The van der Waals surface area contributed by atoms with E-state index < -0.39 is 6.03 Å². The van der Waals surface area contributed by atoms with Crippen LogP contribution < -0.4 is 16.4 Å². The Hall–Kier alpha value is -1.18. The Morgan fingerprint density at radius 1 is 1.14 bits per heavy atom. The first-order chi connectivity index (χ1) is 10.0. The molecule has 1 saturated heterocycles. The van der Waals surface area contributed by atoms with Gasteiger partial charge in [0.1, 0.15) is 0 Å². The highest BCUT2D eigenvalue weighted by molar-refractivity contribution is 5.96. The van der Waals surface area contributed by atoms with E-state index in [-0.39, 0.29) is 11.9 Å². The van der Waals surface area contributed by atoms with E-state index in [1.165, 1.54) is 0 Å². The van der Waals surface area contributed by atoms with Gasteiger partial charge in [-0.15, -0.1) is 0 Å². The van der Waals surface area contributed by atoms with Gasteiger partial charge in [0.05, 0.1) is 6.04 Å². The van der Waals surface area contributed by atoms with Crippen molar-refractivity contribution < 1.29 is 9.59 Å². The molecule has 2 unspecified atom stereocenters. The molecule has 0 radical (unpaired) electrons. The molecule has 1 rings (SSSR count). The smallest absolute Gasteiger partial charge is 0.321 e. The van der Waals surface area contributed by atoms with E-state index in [0.29, 0.717) is 19.1 Å². The molecule has 7 nitrogen and oxygen atoms in total. The van der Waals surface area contributed by atoms with Crippen molar-refractivity contribution in [1.29, 1.82) is 0 Å². The maximum atomic E-state index is 12.0. The van der Waals surface area contributed by atoms with Gasteiger partial charge in [0, 0.05) is 45.3 Å². The summed E-state index contributed by atoms with van der Waals surface area (Å²) in [4.78, 5) is 27.9. The Morgan fingerprint density at radius 2 is 1.71 bits per heavy atom. The Kier molecular flexibility index (Phi) is 7.63. The molecule has 21 heavy (non-hydrogen) atoms. The molecule has 3 amide bonds. The summed E-state index contributed by atoms with van der Waals surface area (Å²) in [6, 6.07) is -0.304. The first kappa shape index (κ1) is 17.9. The number of urea groups is 1. The highest BCUT2D eigenvalue weighted by atomic mass is 16.2. The summed E-state index contributed by atoms with van der Waals surface area (Å²) in [5.41, 5.74) is 5.78. The van der Waals surface area contributed by atoms with E-state index in [1.807, 2.05) is 13.8 Å². The number of carbonyl (C=O) groups excluding carboxylic acids is 2. The third-order valence-corrected chi connectivity index (χ3v) is 4.11. The van der Waals surface area contributed by atoms with Crippen LogP contribution in [0.15, 0.2) is 0 Å². The summed E-state index contributed by atoms with van der Waals surface area (Å²) in [5.74, 6) is -0.250. The van der Waals surface area contributed by atoms with Crippen LogP contribution >= 0.6 is 0 Å². The van der Waals surface area contributed by atoms with E-state index in [1.54, 1.807) is 0 Å². The van der Waals surface area contributed by atoms with Crippen molar-refractivity contribution in [2.75, 3.05) is 39.3 Å². The molecule has 0 aliphatic carbocycles. The van der Waals surface area contributed by atoms with Crippen molar-refractivity contribution in [2.45, 2.75) is 39.3 Å². The molecule has 1 aliphatic heterocycles. The zero-order chi connectivity index (χ0) is 15.8. The molecule has 122 valence electrons. The van der Waals surface area contributed by atoms with Gasteiger partial charge in [0.15, 0.2) is 0 Å². The monoisotopic (exact) mass is 299 g/mol. The van der Waals surface area contributed by atoms with Crippen LogP contribution in [0.2, 0.25) is 0 Å². The lowest BCUT2D eigenvalue weighted by Crippen LogP contribution is -2.57. The van der Waals surface area contributed by atoms with Gasteiger partial charge in [-0.25, -0.2) is 4.79 Å². The molecule has 0 bridgehead atoms. The van der Waals surface area contributed by atoms with E-state index in [0.717, 1.165) is 32.6 Å². The molecule has 0 saturated carbocycles. The van der Waals surface area contributed by atoms with Crippen molar-refractivity contribution in [1.82, 2.24) is 20.4 Å². The van der Waals surface area contributed by atoms with Crippen molar-refractivity contribution in [3.8, 4) is 0 Å². The van der Waals surface area contributed by atoms with Crippen LogP contribution in [0, 0.1) is 0 Å². The molecule has 1 heterocycles. The number of piperazine rings is 1. The largest absolute Gasteiger partial charge is 0.338 e. The molecule has 0 aromatic heterocycles. The molecule has 2 atom stereocenters. The van der Waals surface area contributed by atoms with Crippen molar-refractivity contribution in [2.24, 2.45) is 5.73 Å². The molecule has 4 N–H and O–H groups in total. The average Bonchev–Trinajstić information content (AvgIpc) is 2.48. The number of carbonyl (C=O) groups is 2. The highest BCUT2D eigenvalue weighted by Gasteiger charge is 2.28. The van der Waals surface area contributed by atoms with E-state index >= 15 is 0 Å². The third-order valence-electron chi connectivity index (χ3n) is 4.11. The topological polar surface area (TPSA) is 90.7 Å². The van der Waals surface area contributed by atoms with Crippen molar-refractivity contribution in [3.63, 3.8) is 0 Å². The second-order valence-electron chi connectivity index (χ2n) is 5.39. The van der Waals surface area contributed by atoms with Crippen LogP contribution in [0.4, 0.5) is 4.79 Å². The number of nitrogens with two attached hydrogens (primary N) is 1. The van der Waals surface area contributed by atoms with Crippen molar-refractivity contribution in [3.05, 3.63) is 0 Å². The lowest BCUT2D eigenvalue weighted by atomic mass is 10.1. The van der Waals surface area contributed by atoms with Gasteiger partial charge in [-0.2, -0.15) is 0 Å². The zero-order valence-electron chi connectivity index (χ0n) is 13.4. The van der Waals surface area contributed by atoms with Gasteiger partial charge in [0.25, 0.3) is 0 Å². The fourth-order valence-electron chi connectivity index (χ4n) is 2.65. The van der Waals surface area contributed by atoms with Crippen LogP contribution in [0.3, 0.4) is 0 Å². The predicted octanol–water partition coefficient (Wildman–Crippen LogP) is -0.424. The number of hydrogen-bond donors (Lipinski definition) is 3. The molecule has 1 fully saturated rings. The number of imide groups is 1. The molecule has 1 aliphatic rings. The summed E-state index contributed by atoms with van der Waals surface area (Å²) in [5, 5.41) is 4.93. The molecule has 0 aromatic carbocycles. The average molecular weight is 299 g/mol. The molecule has 0 spiro atoms. The standard InChI is InChI=1S/C14H29N5O2/c1-4-12(10-15)19-8-6-18(7-9-19)11(3)13(20)17-14(21)16-5-2/h11-12H,4-10,15H2,1-3H3,(H2,16,17,20,21). The minimum Gasteiger partial charge on any atom is -0.338 e. The highest BCUT2D eigenvalue weighted by Crippen LogP contribution is 2.11. The Labute approximate surface area is 127 Å². The van der Waals surface area contributed by atoms with Gasteiger partial charge in [0.2, 0.25) is 5.91 Å². The molecule has 7 heteroatoms. The number of amides is 3. The first-order valence-corrected chi connectivity index (χ1v) is 7.80. The molecular weight excluding hydrogens is 270 g/mol. The zero-order valence-corrected chi connectivity index (χ0v) is 13.4. The SMILES string of the molecule is CCNC(=O)NC(=O)C(C)N1CCN(C(CC)CN)CC1. The predicted molar refractivity (Wildman–Crippen MR) is 83.0 cm³/mol. The van der Waals surface area contributed by atoms with Gasteiger partial charge in [-0.05, 0) is 20.3 Å². The Morgan fingerprint density at radius 3 is 2.19 bits per heavy atom. The van der Waals surface area contributed by atoms with Crippen molar-refractivity contribution >= 4 is 11.9 Å². The summed E-state index contributed by atoms with van der Waals surface area (Å²) in [6.07, 6.45) is 1.05. The Balaban J connectivity index is 2.42. The minimum atomic E-state index is -0.429. The van der Waals surface area contributed by atoms with Gasteiger partial charge in [-0.3, -0.25) is 19.9 Å². The van der Waals surface area contributed by atoms with Crippen LogP contribution in [-0.4, -0.2) is 73.1 Å². The van der Waals surface area contributed by atoms with Crippen LogP contribution in [-0.2, 0) is 4.79 Å². The van der Waals surface area contributed by atoms with E-state index in [2.05, 4.69) is 27.4 Å². The van der Waals surface area contributed by atoms with Crippen LogP contribution in [0.1, 0.15) is 27.2 Å². The number of rotatable bonds is 6. The van der Waals surface area contributed by atoms with E-state index in [4.69, 9.17) is 5.73 Å². The third kappa shape index (κ3) is 5.26.